The van der Waals surface area contributed by atoms with Gasteiger partial charge in [0, 0.05) is 37.9 Å². The Balaban J connectivity index is 1.43. The van der Waals surface area contributed by atoms with Crippen molar-refractivity contribution in [3.05, 3.63) is 48.0 Å². The second-order valence-electron chi connectivity index (χ2n) is 9.13. The van der Waals surface area contributed by atoms with Gasteiger partial charge >= 0.3 is 0 Å². The van der Waals surface area contributed by atoms with Crippen LogP contribution in [0, 0.1) is 0 Å². The highest BCUT2D eigenvalue weighted by atomic mass is 16.3. The molecule has 2 fully saturated rings. The molecule has 2 saturated heterocycles. The number of oxazole rings is 1. The Morgan fingerprint density at radius 3 is 2.58 bits per heavy atom. The lowest BCUT2D eigenvalue weighted by molar-refractivity contribution is 0.0463. The molecule has 3 aromatic rings. The van der Waals surface area contributed by atoms with Crippen LogP contribution >= 0.6 is 0 Å². The van der Waals surface area contributed by atoms with Gasteiger partial charge in [0.2, 0.25) is 5.89 Å². The van der Waals surface area contributed by atoms with E-state index in [4.69, 9.17) is 9.40 Å². The van der Waals surface area contributed by atoms with Crippen molar-refractivity contribution in [2.45, 2.75) is 50.2 Å². The van der Waals surface area contributed by atoms with Gasteiger partial charge in [-0.3, -0.25) is 4.79 Å². The second-order valence-corrected chi connectivity index (χ2v) is 9.13. The van der Waals surface area contributed by atoms with Gasteiger partial charge in [-0.25, -0.2) is 4.98 Å². The lowest BCUT2D eigenvalue weighted by Gasteiger charge is -2.47. The lowest BCUT2D eigenvalue weighted by atomic mass is 9.82. The number of carbonyl (C=O) groups excluding carboxylic acids is 1. The van der Waals surface area contributed by atoms with E-state index in [0.29, 0.717) is 34.6 Å². The molecule has 3 heterocycles. The number of hydrogen-bond acceptors (Lipinski definition) is 5. The first-order chi connectivity index (χ1) is 15.0. The number of hydrogen-bond donors (Lipinski definition) is 1. The van der Waals surface area contributed by atoms with Gasteiger partial charge < -0.3 is 19.5 Å². The monoisotopic (exact) mass is 418 g/mol. The van der Waals surface area contributed by atoms with Crippen molar-refractivity contribution in [1.29, 1.82) is 0 Å². The van der Waals surface area contributed by atoms with E-state index in [1.54, 1.807) is 0 Å². The molecule has 6 nitrogen and oxygen atoms in total. The van der Waals surface area contributed by atoms with Crippen LogP contribution in [0.25, 0.3) is 22.6 Å². The van der Waals surface area contributed by atoms with E-state index in [1.165, 1.54) is 19.3 Å². The molecular weight excluding hydrogens is 388 g/mol. The fourth-order valence-corrected chi connectivity index (χ4v) is 5.29. The summed E-state index contributed by atoms with van der Waals surface area (Å²) in [6.45, 7) is 0. The Morgan fingerprint density at radius 1 is 1.10 bits per heavy atom. The summed E-state index contributed by atoms with van der Waals surface area (Å²) >= 11 is 0. The van der Waals surface area contributed by atoms with E-state index in [9.17, 15) is 4.79 Å². The van der Waals surface area contributed by atoms with Crippen LogP contribution in [0.3, 0.4) is 0 Å². The number of benzene rings is 2. The summed E-state index contributed by atoms with van der Waals surface area (Å²) in [6.07, 6.45) is 5.81. The average Bonchev–Trinajstić information content (AvgIpc) is 3.18. The van der Waals surface area contributed by atoms with Crippen molar-refractivity contribution < 1.29 is 9.21 Å². The van der Waals surface area contributed by atoms with E-state index < -0.39 is 0 Å². The first-order valence-corrected chi connectivity index (χ1v) is 11.2. The largest absolute Gasteiger partial charge is 0.436 e. The fourth-order valence-electron chi connectivity index (χ4n) is 5.29. The molecular formula is C25H30N4O2. The zero-order valence-corrected chi connectivity index (χ0v) is 18.5. The van der Waals surface area contributed by atoms with Gasteiger partial charge in [0.15, 0.2) is 5.58 Å². The maximum Gasteiger partial charge on any atom is 0.253 e. The number of nitrogens with zero attached hydrogens (tertiary/aromatic N) is 3. The molecule has 0 aliphatic carbocycles. The highest BCUT2D eigenvalue weighted by molar-refractivity contribution is 6.05. The highest BCUT2D eigenvalue weighted by Gasteiger charge is 2.36. The van der Waals surface area contributed by atoms with Gasteiger partial charge in [0.25, 0.3) is 5.91 Å². The summed E-state index contributed by atoms with van der Waals surface area (Å²) in [4.78, 5) is 22.5. The summed E-state index contributed by atoms with van der Waals surface area (Å²) in [5.74, 6) is 0.479. The van der Waals surface area contributed by atoms with Crippen LogP contribution in [0.4, 0.5) is 5.69 Å². The zero-order chi connectivity index (χ0) is 21.5. The van der Waals surface area contributed by atoms with Crippen LogP contribution < -0.4 is 10.2 Å². The average molecular weight is 419 g/mol. The third-order valence-corrected chi connectivity index (χ3v) is 6.95. The summed E-state index contributed by atoms with van der Waals surface area (Å²) < 4.78 is 6.08. The highest BCUT2D eigenvalue weighted by Crippen LogP contribution is 2.34. The van der Waals surface area contributed by atoms with E-state index in [-0.39, 0.29) is 11.9 Å². The van der Waals surface area contributed by atoms with Crippen molar-refractivity contribution in [2.24, 2.45) is 0 Å². The molecule has 1 N–H and O–H groups in total. The van der Waals surface area contributed by atoms with Gasteiger partial charge in [0.05, 0.1) is 11.1 Å². The standard InChI is InChI=1S/C25H30N4O2/c1-28(2)21-12-5-4-10-19(21)25-27-23-20(11-7-13-22(23)31-25)24(30)26-16-14-17-8-6-9-18(15-16)29(17)3/h4-5,7,10-13,16-18H,6,8-9,14-15H2,1-3H3,(H,26,30). The minimum Gasteiger partial charge on any atom is -0.436 e. The first-order valence-electron chi connectivity index (χ1n) is 11.2. The number of aromatic nitrogens is 1. The third kappa shape index (κ3) is 3.69. The summed E-state index contributed by atoms with van der Waals surface area (Å²) in [7, 11) is 6.23. The van der Waals surface area contributed by atoms with Crippen molar-refractivity contribution in [3.8, 4) is 11.5 Å². The normalized spacial score (nSPS) is 23.6. The van der Waals surface area contributed by atoms with Crippen LogP contribution in [-0.2, 0) is 0 Å². The molecule has 2 unspecified atom stereocenters. The van der Waals surface area contributed by atoms with Crippen molar-refractivity contribution in [3.63, 3.8) is 0 Å². The van der Waals surface area contributed by atoms with Gasteiger partial charge in [-0.1, -0.05) is 24.6 Å². The topological polar surface area (TPSA) is 61.6 Å². The SMILES string of the molecule is CN(C)c1ccccc1-c1nc2c(C(=O)NC3CC4CCCC(C3)N4C)cccc2o1. The molecule has 2 aliphatic heterocycles. The Kier molecular flexibility index (Phi) is 5.18. The first kappa shape index (κ1) is 20.1. The number of fused-ring (bicyclic) bond motifs is 3. The summed E-state index contributed by atoms with van der Waals surface area (Å²) in [5.41, 5.74) is 3.78. The molecule has 0 spiro atoms. The number of carbonyl (C=O) groups is 1. The second kappa shape index (κ2) is 8.00. The maximum atomic E-state index is 13.2. The quantitative estimate of drug-likeness (QED) is 0.684. The molecule has 2 aliphatic rings. The van der Waals surface area contributed by atoms with Crippen LogP contribution in [0.1, 0.15) is 42.5 Å². The number of para-hydroxylation sites is 2. The molecule has 5 rings (SSSR count). The fraction of sp³-hybridized carbons (Fsp3) is 0.440. The third-order valence-electron chi connectivity index (χ3n) is 6.95. The van der Waals surface area contributed by atoms with E-state index in [1.807, 2.05) is 61.5 Å². The van der Waals surface area contributed by atoms with Gasteiger partial charge in [-0.2, -0.15) is 0 Å². The van der Waals surface area contributed by atoms with Gasteiger partial charge in [-0.15, -0.1) is 0 Å². The zero-order valence-electron chi connectivity index (χ0n) is 18.5. The number of amides is 1. The number of anilines is 1. The smallest absolute Gasteiger partial charge is 0.253 e. The Labute approximate surface area is 183 Å². The molecule has 0 saturated carbocycles. The Morgan fingerprint density at radius 2 is 1.84 bits per heavy atom. The Hall–Kier alpha value is -2.86. The summed E-state index contributed by atoms with van der Waals surface area (Å²) in [6, 6.07) is 15.0. The van der Waals surface area contributed by atoms with Crippen molar-refractivity contribution >= 4 is 22.7 Å². The molecule has 2 aromatic carbocycles. The van der Waals surface area contributed by atoms with E-state index in [2.05, 4.69) is 17.3 Å². The van der Waals surface area contributed by atoms with Crippen molar-refractivity contribution in [2.75, 3.05) is 26.0 Å². The minimum absolute atomic E-state index is 0.0565. The molecule has 0 radical (unpaired) electrons. The molecule has 1 aromatic heterocycles. The number of nitrogens with one attached hydrogen (secondary N) is 1. The summed E-state index contributed by atoms with van der Waals surface area (Å²) in [5, 5.41) is 3.30. The van der Waals surface area contributed by atoms with Crippen LogP contribution in [0.2, 0.25) is 0 Å². The number of piperidine rings is 2. The van der Waals surface area contributed by atoms with Crippen LogP contribution in [0.15, 0.2) is 46.9 Å². The molecule has 2 bridgehead atoms. The van der Waals surface area contributed by atoms with Gasteiger partial charge in [0.1, 0.15) is 5.52 Å². The maximum absolute atomic E-state index is 13.2. The van der Waals surface area contributed by atoms with E-state index in [0.717, 1.165) is 24.1 Å². The molecule has 2 atom stereocenters. The molecule has 1 amide bonds. The molecule has 6 heteroatoms. The van der Waals surface area contributed by atoms with Gasteiger partial charge in [-0.05, 0) is 57.0 Å². The minimum atomic E-state index is -0.0565. The van der Waals surface area contributed by atoms with Crippen LogP contribution in [-0.4, -0.2) is 55.1 Å². The predicted octanol–water partition coefficient (Wildman–Crippen LogP) is 4.31. The van der Waals surface area contributed by atoms with Crippen LogP contribution in [0.5, 0.6) is 0 Å². The van der Waals surface area contributed by atoms with E-state index >= 15 is 0 Å². The molecule has 162 valence electrons. The van der Waals surface area contributed by atoms with Crippen molar-refractivity contribution in [1.82, 2.24) is 15.2 Å². The molecule has 31 heavy (non-hydrogen) atoms. The predicted molar refractivity (Wildman–Crippen MR) is 123 cm³/mol. The Bertz CT molecular complexity index is 1090. The number of rotatable bonds is 4. The lowest BCUT2D eigenvalue weighted by Crippen LogP contribution is -2.55.